The Kier molecular flexibility index (Phi) is 12.1. The summed E-state index contributed by atoms with van der Waals surface area (Å²) in [5.41, 5.74) is 15.4. The van der Waals surface area contributed by atoms with Gasteiger partial charge >= 0.3 is 0 Å². The number of nitrogens with zero attached hydrogens (tertiary/aromatic N) is 1. The molecule has 11 aromatic rings. The third-order valence-electron chi connectivity index (χ3n) is 14.9. The molecule has 0 saturated heterocycles. The molecule has 0 fully saturated rings. The lowest BCUT2D eigenvalue weighted by atomic mass is 9.74. The number of aromatic nitrogens is 1. The fourth-order valence-electron chi connectivity index (χ4n) is 11.4. The molecule has 0 spiro atoms. The lowest BCUT2D eigenvalue weighted by Crippen LogP contribution is -2.22. The van der Waals surface area contributed by atoms with E-state index in [0.717, 1.165) is 18.0 Å². The molecule has 0 radical (unpaired) electrons. The summed E-state index contributed by atoms with van der Waals surface area (Å²) in [6, 6.07) is 79.4. The van der Waals surface area contributed by atoms with Gasteiger partial charge in [-0.2, -0.15) is 0 Å². The maximum Gasteiger partial charge on any atom is 0.127 e. The standard InChI is InChI=1S/C48H34O.C16H17N.C2H6.CH4/c1-47(43-17-9-7-15-39(43)41-27-31-11-3-5-13-33(31)29-45(41)47)35-19-23-37(24-20-35)49-38-25-21-36(22-26-38)48(2)44-18-10-8-16-40(44)42-28-32-12-4-6-14-34(32)30-46(42)48;1-2-3-12-17-15-10-6-4-8-13(15)14-9-5-7-11-16(14)17;1-2;/h3-30H,1-2H3;4-11H,2-3,12H2,1H3;1-2H3;1H4. The van der Waals surface area contributed by atoms with Crippen molar-refractivity contribution in [1.82, 2.24) is 4.57 Å². The minimum atomic E-state index is -0.259. The topological polar surface area (TPSA) is 14.2 Å². The smallest absolute Gasteiger partial charge is 0.127 e. The van der Waals surface area contributed by atoms with E-state index in [1.807, 2.05) is 13.8 Å². The fraction of sp³-hybridized carbons (Fsp3) is 0.164. The molecule has 2 heteroatoms. The van der Waals surface area contributed by atoms with Crippen LogP contribution < -0.4 is 4.74 Å². The summed E-state index contributed by atoms with van der Waals surface area (Å²) < 4.78 is 8.93. The van der Waals surface area contributed by atoms with E-state index in [0.29, 0.717) is 0 Å². The van der Waals surface area contributed by atoms with Gasteiger partial charge in [-0.25, -0.2) is 0 Å². The second-order valence-corrected chi connectivity index (χ2v) is 18.5. The van der Waals surface area contributed by atoms with Crippen LogP contribution in [0.5, 0.6) is 11.5 Å². The van der Waals surface area contributed by atoms with Gasteiger partial charge in [-0.1, -0.05) is 192 Å². The predicted molar refractivity (Wildman–Crippen MR) is 295 cm³/mol. The summed E-state index contributed by atoms with van der Waals surface area (Å²) in [5, 5.41) is 7.85. The van der Waals surface area contributed by atoms with E-state index in [4.69, 9.17) is 4.74 Å². The van der Waals surface area contributed by atoms with Crippen LogP contribution in [0.3, 0.4) is 0 Å². The number of hydrogen-bond donors (Lipinski definition) is 0. The van der Waals surface area contributed by atoms with Gasteiger partial charge in [0.1, 0.15) is 11.5 Å². The summed E-state index contributed by atoms with van der Waals surface area (Å²) >= 11 is 0. The molecule has 13 rings (SSSR count). The maximum atomic E-state index is 6.47. The lowest BCUT2D eigenvalue weighted by Gasteiger charge is -2.29. The molecule has 2 aliphatic rings. The molecule has 0 N–H and O–H groups in total. The van der Waals surface area contributed by atoms with Crippen LogP contribution in [-0.4, -0.2) is 4.57 Å². The van der Waals surface area contributed by atoms with Crippen LogP contribution in [0.25, 0.3) is 65.6 Å². The van der Waals surface area contributed by atoms with Crippen molar-refractivity contribution in [2.45, 2.75) is 72.3 Å². The van der Waals surface area contributed by atoms with Crippen LogP contribution >= 0.6 is 0 Å². The molecule has 1 heterocycles. The van der Waals surface area contributed by atoms with Crippen LogP contribution in [0.2, 0.25) is 0 Å². The van der Waals surface area contributed by atoms with E-state index >= 15 is 0 Å². The van der Waals surface area contributed by atoms with Crippen molar-refractivity contribution in [2.24, 2.45) is 0 Å². The van der Waals surface area contributed by atoms with Gasteiger partial charge in [-0.05, 0) is 158 Å². The van der Waals surface area contributed by atoms with E-state index in [1.165, 1.54) is 112 Å². The molecule has 2 unspecified atom stereocenters. The molecular weight excluding hydrogens is 835 g/mol. The summed E-state index contributed by atoms with van der Waals surface area (Å²) in [7, 11) is 0. The second kappa shape index (κ2) is 18.4. The largest absolute Gasteiger partial charge is 0.457 e. The van der Waals surface area contributed by atoms with Crippen LogP contribution in [0, 0.1) is 0 Å². The maximum absolute atomic E-state index is 6.47. The van der Waals surface area contributed by atoms with Gasteiger partial charge in [0.05, 0.1) is 0 Å². The van der Waals surface area contributed by atoms with E-state index in [1.54, 1.807) is 0 Å². The molecule has 0 saturated carbocycles. The van der Waals surface area contributed by atoms with Crippen molar-refractivity contribution < 1.29 is 4.74 Å². The van der Waals surface area contributed by atoms with Gasteiger partial charge in [-0.15, -0.1) is 0 Å². The number of rotatable bonds is 7. The van der Waals surface area contributed by atoms with Crippen LogP contribution in [0.4, 0.5) is 0 Å². The van der Waals surface area contributed by atoms with Crippen molar-refractivity contribution in [1.29, 1.82) is 0 Å². The molecular formula is C67H61NO. The Hall–Kier alpha value is -7.68. The van der Waals surface area contributed by atoms with E-state index in [-0.39, 0.29) is 18.3 Å². The highest BCUT2D eigenvalue weighted by atomic mass is 16.5. The monoisotopic (exact) mass is 895 g/mol. The fourth-order valence-corrected chi connectivity index (χ4v) is 11.4. The lowest BCUT2D eigenvalue weighted by molar-refractivity contribution is 0.481. The molecule has 0 bridgehead atoms. The number of fused-ring (bicyclic) bond motifs is 11. The van der Waals surface area contributed by atoms with Crippen molar-refractivity contribution in [3.63, 3.8) is 0 Å². The average Bonchev–Trinajstić information content (AvgIpc) is 3.96. The molecule has 0 aliphatic heterocycles. The summed E-state index contributed by atoms with van der Waals surface area (Å²) in [6.07, 6.45) is 2.48. The van der Waals surface area contributed by atoms with Crippen molar-refractivity contribution in [3.8, 4) is 33.8 Å². The van der Waals surface area contributed by atoms with Crippen LogP contribution in [-0.2, 0) is 17.4 Å². The minimum absolute atomic E-state index is 0. The first-order valence-corrected chi connectivity index (χ1v) is 24.5. The van der Waals surface area contributed by atoms with Gasteiger partial charge in [0.2, 0.25) is 0 Å². The Morgan fingerprint density at radius 1 is 0.391 bits per heavy atom. The first-order valence-electron chi connectivity index (χ1n) is 24.5. The van der Waals surface area contributed by atoms with Gasteiger partial charge in [-0.3, -0.25) is 0 Å². The first-order chi connectivity index (χ1) is 33.4. The molecule has 69 heavy (non-hydrogen) atoms. The average molecular weight is 896 g/mol. The molecule has 2 aliphatic carbocycles. The van der Waals surface area contributed by atoms with E-state index < -0.39 is 0 Å². The van der Waals surface area contributed by atoms with Gasteiger partial charge in [0.25, 0.3) is 0 Å². The van der Waals surface area contributed by atoms with Gasteiger partial charge in [0, 0.05) is 39.2 Å². The second-order valence-electron chi connectivity index (χ2n) is 18.5. The van der Waals surface area contributed by atoms with Crippen molar-refractivity contribution in [3.05, 3.63) is 252 Å². The molecule has 0 amide bonds. The highest BCUT2D eigenvalue weighted by Gasteiger charge is 2.42. The molecule has 2 atom stereocenters. The summed E-state index contributed by atoms with van der Waals surface area (Å²) in [6.45, 7) is 12.1. The highest BCUT2D eigenvalue weighted by Crippen LogP contribution is 2.55. The highest BCUT2D eigenvalue weighted by molar-refractivity contribution is 6.08. The number of aryl methyl sites for hydroxylation is 1. The Labute approximate surface area is 408 Å². The van der Waals surface area contributed by atoms with Crippen molar-refractivity contribution in [2.75, 3.05) is 0 Å². The Morgan fingerprint density at radius 2 is 0.754 bits per heavy atom. The van der Waals surface area contributed by atoms with Crippen molar-refractivity contribution >= 4 is 43.4 Å². The quantitative estimate of drug-likeness (QED) is 0.155. The number of hydrogen-bond acceptors (Lipinski definition) is 1. The van der Waals surface area contributed by atoms with Gasteiger partial charge < -0.3 is 9.30 Å². The zero-order chi connectivity index (χ0) is 46.4. The number of benzene rings is 10. The van der Waals surface area contributed by atoms with E-state index in [9.17, 15) is 0 Å². The van der Waals surface area contributed by atoms with Crippen LogP contribution in [0.15, 0.2) is 218 Å². The summed E-state index contributed by atoms with van der Waals surface area (Å²) in [4.78, 5) is 0. The molecule has 2 nitrogen and oxygen atoms in total. The number of para-hydroxylation sites is 2. The zero-order valence-corrected chi connectivity index (χ0v) is 39.8. The van der Waals surface area contributed by atoms with Gasteiger partial charge in [0.15, 0.2) is 0 Å². The van der Waals surface area contributed by atoms with Crippen LogP contribution in [0.1, 0.15) is 88.3 Å². The number of ether oxygens (including phenoxy) is 1. The predicted octanol–water partition coefficient (Wildman–Crippen LogP) is 18.7. The normalized spacial score (nSPS) is 16.1. The summed E-state index contributed by atoms with van der Waals surface area (Å²) in [5.74, 6) is 1.67. The Bertz CT molecular complexity index is 3400. The minimum Gasteiger partial charge on any atom is -0.457 e. The third kappa shape index (κ3) is 7.42. The zero-order valence-electron chi connectivity index (χ0n) is 39.8. The van der Waals surface area contributed by atoms with E-state index in [2.05, 4.69) is 244 Å². The number of unbranched alkanes of at least 4 members (excludes halogenated alkanes) is 1. The SMILES string of the molecule is C.CC.CC1(c2ccc(Oc3ccc(C4(C)c5ccccc5-c5cc6ccccc6cc54)cc3)cc2)c2ccccc2-c2cc3ccccc3cc21.CCCCn1c2ccccc2c2ccccc21. The first kappa shape index (κ1) is 45.1. The Morgan fingerprint density at radius 3 is 1.17 bits per heavy atom. The Balaban J connectivity index is 0.000000233. The molecule has 1 aromatic heterocycles. The third-order valence-corrected chi connectivity index (χ3v) is 14.9. The molecule has 340 valence electrons. The molecule has 10 aromatic carbocycles.